The lowest BCUT2D eigenvalue weighted by Gasteiger charge is -2.13. The first-order chi connectivity index (χ1) is 14.7. The fraction of sp³-hybridized carbons (Fsp3) is 0.261. The molecule has 1 heterocycles. The standard InChI is InChI=1S/C23H28N6O.HI/c1-3-25-22(30)20-7-4-6-19(16-20)17-27-23(24-2)26-14-12-18-8-10-21(11-9-18)29-15-5-13-28-29;/h4-11,13,15-16H,3,12,14,17H2,1-2H3,(H,25,30)(H2,24,26,27);1H. The lowest BCUT2D eigenvalue weighted by atomic mass is 10.1. The van der Waals surface area contributed by atoms with Gasteiger partial charge in [-0.3, -0.25) is 9.79 Å². The van der Waals surface area contributed by atoms with Crippen molar-refractivity contribution >= 4 is 35.8 Å². The van der Waals surface area contributed by atoms with Crippen LogP contribution in [0.25, 0.3) is 5.69 Å². The van der Waals surface area contributed by atoms with Crippen LogP contribution in [-0.2, 0) is 13.0 Å². The van der Waals surface area contributed by atoms with Gasteiger partial charge in [0.15, 0.2) is 5.96 Å². The quantitative estimate of drug-likeness (QED) is 0.237. The lowest BCUT2D eigenvalue weighted by molar-refractivity contribution is 0.0955. The fourth-order valence-electron chi connectivity index (χ4n) is 3.05. The zero-order valence-corrected chi connectivity index (χ0v) is 20.2. The highest BCUT2D eigenvalue weighted by Gasteiger charge is 2.05. The Balaban J connectivity index is 0.00000341. The van der Waals surface area contributed by atoms with Crippen molar-refractivity contribution in [2.75, 3.05) is 20.1 Å². The van der Waals surface area contributed by atoms with Crippen LogP contribution in [0.4, 0.5) is 0 Å². The number of carbonyl (C=O) groups is 1. The van der Waals surface area contributed by atoms with Crippen LogP contribution in [0.15, 0.2) is 72.0 Å². The molecule has 1 aromatic heterocycles. The van der Waals surface area contributed by atoms with Crippen molar-refractivity contribution < 1.29 is 4.79 Å². The van der Waals surface area contributed by atoms with Gasteiger partial charge in [0.2, 0.25) is 0 Å². The molecule has 1 amide bonds. The van der Waals surface area contributed by atoms with E-state index in [1.165, 1.54) is 5.56 Å². The molecule has 3 rings (SSSR count). The first-order valence-corrected chi connectivity index (χ1v) is 10.1. The zero-order chi connectivity index (χ0) is 21.2. The van der Waals surface area contributed by atoms with Crippen LogP contribution in [-0.4, -0.2) is 41.8 Å². The number of guanidine groups is 1. The molecular weight excluding hydrogens is 503 g/mol. The highest BCUT2D eigenvalue weighted by Crippen LogP contribution is 2.09. The van der Waals surface area contributed by atoms with Crippen molar-refractivity contribution in [2.45, 2.75) is 19.9 Å². The number of aliphatic imine (C=N–C) groups is 1. The summed E-state index contributed by atoms with van der Waals surface area (Å²) >= 11 is 0. The Bertz CT molecular complexity index is 970. The van der Waals surface area contributed by atoms with Crippen LogP contribution in [0.1, 0.15) is 28.4 Å². The molecule has 0 aliphatic rings. The highest BCUT2D eigenvalue weighted by molar-refractivity contribution is 14.0. The summed E-state index contributed by atoms with van der Waals surface area (Å²) in [5, 5.41) is 13.7. The maximum atomic E-state index is 12.0. The molecule has 0 fully saturated rings. The van der Waals surface area contributed by atoms with Gasteiger partial charge in [-0.1, -0.05) is 24.3 Å². The van der Waals surface area contributed by atoms with Crippen molar-refractivity contribution in [1.82, 2.24) is 25.7 Å². The monoisotopic (exact) mass is 532 g/mol. The molecule has 31 heavy (non-hydrogen) atoms. The summed E-state index contributed by atoms with van der Waals surface area (Å²) in [7, 11) is 1.75. The zero-order valence-electron chi connectivity index (χ0n) is 17.8. The number of rotatable bonds is 8. The number of nitrogens with one attached hydrogen (secondary N) is 3. The molecule has 3 N–H and O–H groups in total. The van der Waals surface area contributed by atoms with E-state index in [1.54, 1.807) is 13.2 Å². The molecule has 7 nitrogen and oxygen atoms in total. The van der Waals surface area contributed by atoms with Crippen molar-refractivity contribution in [1.29, 1.82) is 0 Å². The Morgan fingerprint density at radius 1 is 1.03 bits per heavy atom. The largest absolute Gasteiger partial charge is 0.356 e. The first kappa shape index (κ1) is 24.4. The molecule has 0 saturated heterocycles. The molecule has 164 valence electrons. The number of halogens is 1. The van der Waals surface area contributed by atoms with Crippen LogP contribution >= 0.6 is 24.0 Å². The molecule has 0 aliphatic carbocycles. The smallest absolute Gasteiger partial charge is 0.251 e. The molecule has 3 aromatic rings. The van der Waals surface area contributed by atoms with Gasteiger partial charge < -0.3 is 16.0 Å². The number of nitrogens with zero attached hydrogens (tertiary/aromatic N) is 3. The van der Waals surface area contributed by atoms with Gasteiger partial charge in [-0.05, 0) is 54.8 Å². The second-order valence-electron chi connectivity index (χ2n) is 6.78. The highest BCUT2D eigenvalue weighted by atomic mass is 127. The molecule has 0 unspecified atom stereocenters. The van der Waals surface area contributed by atoms with Crippen LogP contribution in [0.5, 0.6) is 0 Å². The Kier molecular flexibility index (Phi) is 10.0. The third-order valence-electron chi connectivity index (χ3n) is 4.62. The van der Waals surface area contributed by atoms with Gasteiger partial charge in [0.1, 0.15) is 0 Å². The van der Waals surface area contributed by atoms with E-state index >= 15 is 0 Å². The van der Waals surface area contributed by atoms with Crippen LogP contribution < -0.4 is 16.0 Å². The predicted molar refractivity (Wildman–Crippen MR) is 135 cm³/mol. The molecule has 0 spiro atoms. The van der Waals surface area contributed by atoms with Crippen molar-refractivity contribution in [2.24, 2.45) is 4.99 Å². The van der Waals surface area contributed by atoms with E-state index in [0.29, 0.717) is 18.7 Å². The number of aromatic nitrogens is 2. The van der Waals surface area contributed by atoms with E-state index in [9.17, 15) is 4.79 Å². The number of hydrogen-bond acceptors (Lipinski definition) is 3. The average Bonchev–Trinajstić information content (AvgIpc) is 3.32. The number of hydrogen-bond donors (Lipinski definition) is 3. The molecule has 0 saturated carbocycles. The summed E-state index contributed by atoms with van der Waals surface area (Å²) in [6.07, 6.45) is 4.58. The van der Waals surface area contributed by atoms with Gasteiger partial charge in [-0.2, -0.15) is 5.10 Å². The fourth-order valence-corrected chi connectivity index (χ4v) is 3.05. The summed E-state index contributed by atoms with van der Waals surface area (Å²) in [4.78, 5) is 16.3. The second-order valence-corrected chi connectivity index (χ2v) is 6.78. The second kappa shape index (κ2) is 12.7. The van der Waals surface area contributed by atoms with Gasteiger partial charge in [-0.25, -0.2) is 4.68 Å². The Morgan fingerprint density at radius 3 is 2.52 bits per heavy atom. The van der Waals surface area contributed by atoms with Crippen LogP contribution in [0, 0.1) is 0 Å². The Hall–Kier alpha value is -2.88. The minimum absolute atomic E-state index is 0. The molecular formula is C23H29IN6O. The van der Waals surface area contributed by atoms with Crippen LogP contribution in [0.2, 0.25) is 0 Å². The number of amides is 1. The predicted octanol–water partition coefficient (Wildman–Crippen LogP) is 3.15. The van der Waals surface area contributed by atoms with E-state index in [4.69, 9.17) is 0 Å². The summed E-state index contributed by atoms with van der Waals surface area (Å²) < 4.78 is 1.84. The molecule has 8 heteroatoms. The minimum Gasteiger partial charge on any atom is -0.356 e. The van der Waals surface area contributed by atoms with Gasteiger partial charge in [0, 0.05) is 44.6 Å². The maximum Gasteiger partial charge on any atom is 0.251 e. The third-order valence-corrected chi connectivity index (χ3v) is 4.62. The Labute approximate surface area is 200 Å². The third kappa shape index (κ3) is 7.39. The Morgan fingerprint density at radius 2 is 1.84 bits per heavy atom. The van der Waals surface area contributed by atoms with Crippen molar-refractivity contribution in [3.63, 3.8) is 0 Å². The average molecular weight is 532 g/mol. The molecule has 0 radical (unpaired) electrons. The first-order valence-electron chi connectivity index (χ1n) is 10.1. The van der Waals surface area contributed by atoms with E-state index in [1.807, 2.05) is 48.1 Å². The van der Waals surface area contributed by atoms with E-state index in [-0.39, 0.29) is 29.9 Å². The van der Waals surface area contributed by atoms with Gasteiger partial charge in [-0.15, -0.1) is 24.0 Å². The van der Waals surface area contributed by atoms with E-state index < -0.39 is 0 Å². The SMILES string of the molecule is CCNC(=O)c1cccc(CNC(=NC)NCCc2ccc(-n3cccn3)cc2)c1.I. The number of carbonyl (C=O) groups excluding carboxylic acids is 1. The van der Waals surface area contributed by atoms with Gasteiger partial charge in [0.05, 0.1) is 5.69 Å². The van der Waals surface area contributed by atoms with Crippen molar-refractivity contribution in [3.8, 4) is 5.69 Å². The van der Waals surface area contributed by atoms with Gasteiger partial charge >= 0.3 is 0 Å². The van der Waals surface area contributed by atoms with E-state index in [2.05, 4.69) is 50.3 Å². The van der Waals surface area contributed by atoms with Crippen LogP contribution in [0.3, 0.4) is 0 Å². The maximum absolute atomic E-state index is 12.0. The molecule has 2 aromatic carbocycles. The minimum atomic E-state index is -0.0552. The summed E-state index contributed by atoms with van der Waals surface area (Å²) in [5.41, 5.74) is 3.97. The van der Waals surface area contributed by atoms with E-state index in [0.717, 1.165) is 30.2 Å². The van der Waals surface area contributed by atoms with Crippen molar-refractivity contribution in [3.05, 3.63) is 83.7 Å². The summed E-state index contributed by atoms with van der Waals surface area (Å²) in [5.74, 6) is 0.673. The summed E-state index contributed by atoms with van der Waals surface area (Å²) in [6, 6.07) is 17.9. The molecule has 0 bridgehead atoms. The van der Waals surface area contributed by atoms with Gasteiger partial charge in [0.25, 0.3) is 5.91 Å². The lowest BCUT2D eigenvalue weighted by Crippen LogP contribution is -2.37. The molecule has 0 aliphatic heterocycles. The number of benzene rings is 2. The topological polar surface area (TPSA) is 83.3 Å². The summed E-state index contributed by atoms with van der Waals surface area (Å²) in [6.45, 7) is 3.88. The molecule has 0 atom stereocenters. The normalized spacial score (nSPS) is 10.8.